The standard InChI is InChI=1S/C15H30N4O5/c1-20-8-9-23-7-4-19-14-15(17-18-19)2-5-21-10-12-24-13-11-22-6-3-16/h14H,2-13,16H2,1H3. The molecule has 0 radical (unpaired) electrons. The number of hydrogen-bond donors (Lipinski definition) is 1. The van der Waals surface area contributed by atoms with Gasteiger partial charge in [0.1, 0.15) is 0 Å². The predicted molar refractivity (Wildman–Crippen MR) is 87.9 cm³/mol. The molecule has 0 aliphatic heterocycles. The molecule has 0 aliphatic carbocycles. The van der Waals surface area contributed by atoms with E-state index in [0.717, 1.165) is 12.1 Å². The molecular formula is C15H30N4O5. The zero-order valence-electron chi connectivity index (χ0n) is 14.5. The Balaban J connectivity index is 1.92. The predicted octanol–water partition coefficient (Wildman–Crippen LogP) is -0.508. The quantitative estimate of drug-likeness (QED) is 0.376. The largest absolute Gasteiger partial charge is 0.382 e. The van der Waals surface area contributed by atoms with Crippen molar-refractivity contribution in [1.82, 2.24) is 15.0 Å². The summed E-state index contributed by atoms with van der Waals surface area (Å²) in [5, 5.41) is 8.15. The molecule has 0 saturated heterocycles. The van der Waals surface area contributed by atoms with Crippen molar-refractivity contribution in [3.8, 4) is 0 Å². The molecule has 1 rings (SSSR count). The Labute approximate surface area is 143 Å². The zero-order chi connectivity index (χ0) is 17.3. The van der Waals surface area contributed by atoms with Crippen LogP contribution in [0.4, 0.5) is 0 Å². The average molecular weight is 346 g/mol. The second kappa shape index (κ2) is 15.4. The Morgan fingerprint density at radius 3 is 2.21 bits per heavy atom. The number of ether oxygens (including phenoxy) is 5. The first-order chi connectivity index (χ1) is 11.9. The lowest BCUT2D eigenvalue weighted by Crippen LogP contribution is -2.13. The second-order valence-corrected chi connectivity index (χ2v) is 4.95. The lowest BCUT2D eigenvalue weighted by atomic mass is 10.3. The van der Waals surface area contributed by atoms with Gasteiger partial charge < -0.3 is 29.4 Å². The topological polar surface area (TPSA) is 103 Å². The molecule has 0 bridgehead atoms. The third-order valence-electron chi connectivity index (χ3n) is 2.99. The van der Waals surface area contributed by atoms with Gasteiger partial charge in [0, 0.05) is 26.3 Å². The summed E-state index contributed by atoms with van der Waals surface area (Å²) in [7, 11) is 1.65. The Bertz CT molecular complexity index is 392. The molecule has 1 heterocycles. The minimum atomic E-state index is 0.536. The summed E-state index contributed by atoms with van der Waals surface area (Å²) in [4.78, 5) is 0. The van der Waals surface area contributed by atoms with Crippen LogP contribution in [-0.2, 0) is 36.6 Å². The minimum Gasteiger partial charge on any atom is -0.382 e. The van der Waals surface area contributed by atoms with Gasteiger partial charge in [-0.25, -0.2) is 4.68 Å². The van der Waals surface area contributed by atoms with Crippen LogP contribution in [0.3, 0.4) is 0 Å². The van der Waals surface area contributed by atoms with E-state index in [0.29, 0.717) is 72.6 Å². The van der Waals surface area contributed by atoms with Gasteiger partial charge in [0.15, 0.2) is 0 Å². The van der Waals surface area contributed by atoms with Gasteiger partial charge in [-0.15, -0.1) is 5.10 Å². The average Bonchev–Trinajstić information content (AvgIpc) is 3.04. The Hall–Kier alpha value is -1.10. The van der Waals surface area contributed by atoms with E-state index in [1.807, 2.05) is 6.20 Å². The van der Waals surface area contributed by atoms with Gasteiger partial charge in [-0.2, -0.15) is 0 Å². The van der Waals surface area contributed by atoms with Crippen molar-refractivity contribution in [2.24, 2.45) is 5.73 Å². The molecule has 24 heavy (non-hydrogen) atoms. The molecule has 9 nitrogen and oxygen atoms in total. The van der Waals surface area contributed by atoms with Gasteiger partial charge in [0.2, 0.25) is 0 Å². The van der Waals surface area contributed by atoms with Crippen LogP contribution >= 0.6 is 0 Å². The molecule has 1 aromatic heterocycles. The van der Waals surface area contributed by atoms with Gasteiger partial charge >= 0.3 is 0 Å². The summed E-state index contributed by atoms with van der Waals surface area (Å²) in [5.74, 6) is 0. The van der Waals surface area contributed by atoms with Crippen LogP contribution < -0.4 is 5.73 Å². The van der Waals surface area contributed by atoms with Crippen molar-refractivity contribution in [2.45, 2.75) is 13.0 Å². The summed E-state index contributed by atoms with van der Waals surface area (Å²) in [6.07, 6.45) is 2.64. The summed E-state index contributed by atoms with van der Waals surface area (Å²) >= 11 is 0. The monoisotopic (exact) mass is 346 g/mol. The molecule has 1 aromatic rings. The fourth-order valence-corrected chi connectivity index (χ4v) is 1.77. The van der Waals surface area contributed by atoms with Crippen molar-refractivity contribution < 1.29 is 23.7 Å². The number of nitrogens with two attached hydrogens (primary N) is 1. The Kier molecular flexibility index (Phi) is 13.5. The fraction of sp³-hybridized carbons (Fsp3) is 0.867. The maximum Gasteiger partial charge on any atom is 0.0850 e. The van der Waals surface area contributed by atoms with E-state index in [4.69, 9.17) is 29.4 Å². The molecule has 9 heteroatoms. The molecule has 0 saturated carbocycles. The molecule has 140 valence electrons. The summed E-state index contributed by atoms with van der Waals surface area (Å²) in [6.45, 7) is 6.39. The van der Waals surface area contributed by atoms with Crippen molar-refractivity contribution in [3.63, 3.8) is 0 Å². The van der Waals surface area contributed by atoms with Gasteiger partial charge in [0.25, 0.3) is 0 Å². The lowest BCUT2D eigenvalue weighted by molar-refractivity contribution is 0.0164. The zero-order valence-corrected chi connectivity index (χ0v) is 14.5. The van der Waals surface area contributed by atoms with E-state index in [-0.39, 0.29) is 0 Å². The second-order valence-electron chi connectivity index (χ2n) is 4.95. The van der Waals surface area contributed by atoms with Crippen LogP contribution in [0.25, 0.3) is 0 Å². The van der Waals surface area contributed by atoms with Gasteiger partial charge in [-0.1, -0.05) is 5.21 Å². The number of rotatable bonds is 17. The van der Waals surface area contributed by atoms with E-state index in [1.54, 1.807) is 11.8 Å². The Morgan fingerprint density at radius 2 is 1.50 bits per heavy atom. The van der Waals surface area contributed by atoms with E-state index in [1.165, 1.54) is 0 Å². The van der Waals surface area contributed by atoms with Gasteiger partial charge in [-0.3, -0.25) is 0 Å². The maximum atomic E-state index is 5.50. The summed E-state index contributed by atoms with van der Waals surface area (Å²) in [5.41, 5.74) is 6.21. The van der Waals surface area contributed by atoms with Crippen LogP contribution in [0.15, 0.2) is 6.20 Å². The van der Waals surface area contributed by atoms with Crippen LogP contribution in [0.1, 0.15) is 5.69 Å². The molecular weight excluding hydrogens is 316 g/mol. The third-order valence-corrected chi connectivity index (χ3v) is 2.99. The van der Waals surface area contributed by atoms with Crippen molar-refractivity contribution in [3.05, 3.63) is 11.9 Å². The molecule has 0 unspecified atom stereocenters. The summed E-state index contributed by atoms with van der Waals surface area (Å²) in [6, 6.07) is 0. The van der Waals surface area contributed by atoms with E-state index in [9.17, 15) is 0 Å². The van der Waals surface area contributed by atoms with Gasteiger partial charge in [-0.05, 0) is 0 Å². The maximum absolute atomic E-state index is 5.50. The molecule has 0 fully saturated rings. The molecule has 0 aromatic carbocycles. The van der Waals surface area contributed by atoms with E-state index >= 15 is 0 Å². The smallest absolute Gasteiger partial charge is 0.0850 e. The Morgan fingerprint density at radius 1 is 0.875 bits per heavy atom. The highest BCUT2D eigenvalue weighted by atomic mass is 16.5. The normalized spacial score (nSPS) is 11.2. The van der Waals surface area contributed by atoms with Crippen LogP contribution in [-0.4, -0.2) is 88.1 Å². The highest BCUT2D eigenvalue weighted by molar-refractivity contribution is 4.92. The molecule has 0 amide bonds. The lowest BCUT2D eigenvalue weighted by Gasteiger charge is -2.05. The van der Waals surface area contributed by atoms with Crippen LogP contribution in [0, 0.1) is 0 Å². The number of nitrogens with zero attached hydrogens (tertiary/aromatic N) is 3. The van der Waals surface area contributed by atoms with E-state index in [2.05, 4.69) is 10.3 Å². The molecule has 2 N–H and O–H groups in total. The van der Waals surface area contributed by atoms with Crippen molar-refractivity contribution in [2.75, 3.05) is 73.1 Å². The molecule has 0 aliphatic rings. The van der Waals surface area contributed by atoms with Crippen LogP contribution in [0.5, 0.6) is 0 Å². The van der Waals surface area contributed by atoms with E-state index < -0.39 is 0 Å². The number of aromatic nitrogens is 3. The van der Waals surface area contributed by atoms with Gasteiger partial charge in [0.05, 0.1) is 71.7 Å². The summed E-state index contributed by atoms with van der Waals surface area (Å²) < 4.78 is 28.1. The number of hydrogen-bond acceptors (Lipinski definition) is 8. The highest BCUT2D eigenvalue weighted by Crippen LogP contribution is 1.96. The first-order valence-corrected chi connectivity index (χ1v) is 8.25. The highest BCUT2D eigenvalue weighted by Gasteiger charge is 2.01. The minimum absolute atomic E-state index is 0.536. The number of methoxy groups -OCH3 is 1. The SMILES string of the molecule is COCCOCCn1cc(CCOCCOCCOCCN)nn1. The first-order valence-electron chi connectivity index (χ1n) is 8.25. The molecule has 0 atom stereocenters. The van der Waals surface area contributed by atoms with Crippen molar-refractivity contribution >= 4 is 0 Å². The third kappa shape index (κ3) is 11.4. The fourth-order valence-electron chi connectivity index (χ4n) is 1.77. The van der Waals surface area contributed by atoms with Crippen molar-refractivity contribution in [1.29, 1.82) is 0 Å². The first kappa shape index (κ1) is 20.9. The van der Waals surface area contributed by atoms with Crippen LogP contribution in [0.2, 0.25) is 0 Å². The molecule has 0 spiro atoms.